The Labute approximate surface area is 84.2 Å². The van der Waals surface area contributed by atoms with Crippen LogP contribution in [0.25, 0.3) is 0 Å². The van der Waals surface area contributed by atoms with Gasteiger partial charge in [0.2, 0.25) is 0 Å². The Morgan fingerprint density at radius 1 is 1.64 bits per heavy atom. The van der Waals surface area contributed by atoms with E-state index in [0.29, 0.717) is 24.2 Å². The van der Waals surface area contributed by atoms with Crippen LogP contribution in [0.4, 0.5) is 0 Å². The van der Waals surface area contributed by atoms with Crippen LogP contribution in [0.5, 0.6) is 0 Å². The summed E-state index contributed by atoms with van der Waals surface area (Å²) < 4.78 is 5.45. The maximum absolute atomic E-state index is 9.70. The third-order valence-corrected chi connectivity index (χ3v) is 2.32. The molecule has 14 heavy (non-hydrogen) atoms. The van der Waals surface area contributed by atoms with Crippen LogP contribution in [-0.4, -0.2) is 17.0 Å². The van der Waals surface area contributed by atoms with Gasteiger partial charge in [0, 0.05) is 11.4 Å². The van der Waals surface area contributed by atoms with Gasteiger partial charge in [-0.2, -0.15) is 0 Å². The van der Waals surface area contributed by atoms with Crippen molar-refractivity contribution in [2.75, 3.05) is 0 Å². The van der Waals surface area contributed by atoms with E-state index in [-0.39, 0.29) is 6.10 Å². The fourth-order valence-corrected chi connectivity index (χ4v) is 1.23. The van der Waals surface area contributed by atoms with E-state index in [1.54, 1.807) is 13.0 Å². The predicted octanol–water partition coefficient (Wildman–Crippen LogP) is 0.579. The zero-order valence-corrected chi connectivity index (χ0v) is 8.66. The molecular weight excluding hydrogens is 180 g/mol. The van der Waals surface area contributed by atoms with Crippen LogP contribution in [0.1, 0.15) is 26.7 Å². The Hall–Kier alpha value is -1.00. The van der Waals surface area contributed by atoms with Crippen LogP contribution in [-0.2, 0) is 4.74 Å². The van der Waals surface area contributed by atoms with Gasteiger partial charge in [-0.1, -0.05) is 13.0 Å². The second kappa shape index (κ2) is 4.02. The molecule has 2 unspecified atom stereocenters. The van der Waals surface area contributed by atoms with E-state index in [9.17, 15) is 5.11 Å². The molecule has 1 aliphatic rings. The molecule has 1 aliphatic carbocycles. The lowest BCUT2D eigenvalue weighted by molar-refractivity contribution is -0.211. The van der Waals surface area contributed by atoms with Crippen molar-refractivity contribution >= 4 is 0 Å². The highest BCUT2D eigenvalue weighted by Crippen LogP contribution is 2.21. The van der Waals surface area contributed by atoms with Crippen molar-refractivity contribution in [2.45, 2.75) is 38.6 Å². The third-order valence-electron chi connectivity index (χ3n) is 2.32. The first-order valence-electron chi connectivity index (χ1n) is 4.77. The monoisotopic (exact) mass is 198 g/mol. The van der Waals surface area contributed by atoms with Crippen molar-refractivity contribution < 1.29 is 9.84 Å². The Morgan fingerprint density at radius 3 is 2.79 bits per heavy atom. The molecule has 4 heteroatoms. The molecule has 0 aromatic rings. The summed E-state index contributed by atoms with van der Waals surface area (Å²) in [5.41, 5.74) is 12.5. The normalized spacial score (nSPS) is 26.4. The lowest BCUT2D eigenvalue weighted by Crippen LogP contribution is -2.36. The lowest BCUT2D eigenvalue weighted by atomic mass is 10.1. The molecule has 0 aromatic carbocycles. The molecule has 80 valence electrons. The van der Waals surface area contributed by atoms with E-state index in [4.69, 9.17) is 16.2 Å². The third kappa shape index (κ3) is 2.75. The average molecular weight is 198 g/mol. The highest BCUT2D eigenvalue weighted by Gasteiger charge is 2.26. The number of rotatable bonds is 3. The molecule has 0 radical (unpaired) electrons. The molecule has 0 aliphatic heterocycles. The van der Waals surface area contributed by atoms with Gasteiger partial charge >= 0.3 is 0 Å². The second-order valence-electron chi connectivity index (χ2n) is 3.72. The number of hydrogen-bond donors (Lipinski definition) is 3. The van der Waals surface area contributed by atoms with Crippen LogP contribution in [0.3, 0.4) is 0 Å². The van der Waals surface area contributed by atoms with Crippen molar-refractivity contribution in [3.05, 3.63) is 23.5 Å². The maximum Gasteiger partial charge on any atom is 0.163 e. The minimum absolute atomic E-state index is 0.266. The summed E-state index contributed by atoms with van der Waals surface area (Å²) in [7, 11) is 0. The molecular formula is C10H18N2O2. The number of allylic oxidation sites excluding steroid dienone is 1. The minimum Gasteiger partial charge on any atom is -0.400 e. The Bertz CT molecular complexity index is 269. The molecule has 0 heterocycles. The highest BCUT2D eigenvalue weighted by atomic mass is 16.6. The molecule has 0 saturated carbocycles. The molecule has 0 bridgehead atoms. The van der Waals surface area contributed by atoms with Gasteiger partial charge in [0.05, 0.1) is 0 Å². The van der Waals surface area contributed by atoms with E-state index >= 15 is 0 Å². The van der Waals surface area contributed by atoms with Gasteiger partial charge in [0.25, 0.3) is 0 Å². The second-order valence-corrected chi connectivity index (χ2v) is 3.72. The Kier molecular flexibility index (Phi) is 3.18. The summed E-state index contributed by atoms with van der Waals surface area (Å²) in [6.45, 7) is 3.48. The zero-order valence-electron chi connectivity index (χ0n) is 8.66. The highest BCUT2D eigenvalue weighted by molar-refractivity contribution is 5.26. The van der Waals surface area contributed by atoms with Gasteiger partial charge < -0.3 is 21.3 Å². The molecule has 2 atom stereocenters. The Balaban J connectivity index is 2.61. The van der Waals surface area contributed by atoms with Gasteiger partial charge in [-0.25, -0.2) is 0 Å². The van der Waals surface area contributed by atoms with E-state index in [1.807, 2.05) is 13.0 Å². The summed E-state index contributed by atoms with van der Waals surface area (Å²) in [5.74, 6) is -1.12. The predicted molar refractivity (Wildman–Crippen MR) is 54.9 cm³/mol. The van der Waals surface area contributed by atoms with E-state index in [1.165, 1.54) is 0 Å². The number of nitrogens with two attached hydrogens (primary N) is 2. The maximum atomic E-state index is 9.70. The van der Waals surface area contributed by atoms with Crippen LogP contribution in [0.2, 0.25) is 0 Å². The SMILES string of the molecule is CCC(C)(O)OC1CC=C(N)C=C1N. The first-order chi connectivity index (χ1) is 6.44. The zero-order chi connectivity index (χ0) is 10.8. The number of hydrogen-bond acceptors (Lipinski definition) is 4. The van der Waals surface area contributed by atoms with Crippen molar-refractivity contribution in [2.24, 2.45) is 11.5 Å². The van der Waals surface area contributed by atoms with Crippen molar-refractivity contribution in [3.63, 3.8) is 0 Å². The molecule has 1 rings (SSSR count). The standard InChI is InChI=1S/C10H18N2O2/c1-3-10(2,13)14-9-5-4-7(11)6-8(9)12/h4,6,9,13H,3,5,11-12H2,1-2H3. The van der Waals surface area contributed by atoms with Crippen LogP contribution in [0.15, 0.2) is 23.5 Å². The molecule has 0 spiro atoms. The van der Waals surface area contributed by atoms with Gasteiger partial charge in [0.1, 0.15) is 6.10 Å². The summed E-state index contributed by atoms with van der Waals surface area (Å²) >= 11 is 0. The fraction of sp³-hybridized carbons (Fsp3) is 0.600. The summed E-state index contributed by atoms with van der Waals surface area (Å²) in [5, 5.41) is 9.70. The average Bonchev–Trinajstić information content (AvgIpc) is 2.10. The minimum atomic E-state index is -1.12. The number of aliphatic hydroxyl groups is 1. The van der Waals surface area contributed by atoms with Crippen LogP contribution >= 0.6 is 0 Å². The Morgan fingerprint density at radius 2 is 2.29 bits per heavy atom. The van der Waals surface area contributed by atoms with Gasteiger partial charge in [-0.15, -0.1) is 0 Å². The molecule has 0 saturated heterocycles. The van der Waals surface area contributed by atoms with Crippen molar-refractivity contribution in [3.8, 4) is 0 Å². The van der Waals surface area contributed by atoms with E-state index < -0.39 is 5.79 Å². The molecule has 5 N–H and O–H groups in total. The first-order valence-corrected chi connectivity index (χ1v) is 4.77. The van der Waals surface area contributed by atoms with Gasteiger partial charge in [0.15, 0.2) is 5.79 Å². The van der Waals surface area contributed by atoms with Gasteiger partial charge in [-0.3, -0.25) is 0 Å². The topological polar surface area (TPSA) is 81.5 Å². The smallest absolute Gasteiger partial charge is 0.163 e. The van der Waals surface area contributed by atoms with Crippen LogP contribution < -0.4 is 11.5 Å². The van der Waals surface area contributed by atoms with Crippen molar-refractivity contribution in [1.29, 1.82) is 0 Å². The van der Waals surface area contributed by atoms with E-state index in [2.05, 4.69) is 0 Å². The van der Waals surface area contributed by atoms with Crippen LogP contribution in [0, 0.1) is 0 Å². The molecule has 0 amide bonds. The largest absolute Gasteiger partial charge is 0.400 e. The number of ether oxygens (including phenoxy) is 1. The quantitative estimate of drug-likeness (QED) is 0.579. The summed E-state index contributed by atoms with van der Waals surface area (Å²) in [4.78, 5) is 0. The summed E-state index contributed by atoms with van der Waals surface area (Å²) in [6, 6.07) is 0. The van der Waals surface area contributed by atoms with Gasteiger partial charge in [-0.05, 0) is 25.8 Å². The summed E-state index contributed by atoms with van der Waals surface area (Å²) in [6.07, 6.45) is 4.38. The molecule has 0 fully saturated rings. The van der Waals surface area contributed by atoms with E-state index in [0.717, 1.165) is 0 Å². The molecule has 0 aromatic heterocycles. The lowest BCUT2D eigenvalue weighted by Gasteiger charge is -2.29. The molecule has 4 nitrogen and oxygen atoms in total. The first kappa shape index (κ1) is 11.1. The van der Waals surface area contributed by atoms with Crippen molar-refractivity contribution in [1.82, 2.24) is 0 Å². The fourth-order valence-electron chi connectivity index (χ4n) is 1.23.